The fourth-order valence-electron chi connectivity index (χ4n) is 3.56. The number of para-hydroxylation sites is 1. The Morgan fingerprint density at radius 3 is 2.62 bits per heavy atom. The molecule has 0 aliphatic rings. The van der Waals surface area contributed by atoms with Gasteiger partial charge in [0.15, 0.2) is 0 Å². The van der Waals surface area contributed by atoms with E-state index in [9.17, 15) is 9.90 Å². The summed E-state index contributed by atoms with van der Waals surface area (Å²) in [6, 6.07) is 15.4. The zero-order chi connectivity index (χ0) is 16.8. The zero-order valence-electron chi connectivity index (χ0n) is 13.5. The summed E-state index contributed by atoms with van der Waals surface area (Å²) >= 11 is 0. The van der Waals surface area contributed by atoms with E-state index in [2.05, 4.69) is 23.6 Å². The van der Waals surface area contributed by atoms with Gasteiger partial charge in [-0.3, -0.25) is 0 Å². The number of hydrogen-bond acceptors (Lipinski definition) is 3. The average molecular weight is 319 g/mol. The minimum absolute atomic E-state index is 0.0949. The standard InChI is InChI=1S/C20H17NO3/c1-3-21-15-7-5-4-6-14(15)19-16(21)9-8-12-10-13(20(23)24-2)11-17(22)18(12)19/h4-11,22H,3H2,1-2H3. The number of benzene rings is 3. The Morgan fingerprint density at radius 2 is 1.88 bits per heavy atom. The Balaban J connectivity index is 2.20. The van der Waals surface area contributed by atoms with Gasteiger partial charge in [-0.25, -0.2) is 4.79 Å². The van der Waals surface area contributed by atoms with Crippen molar-refractivity contribution in [1.82, 2.24) is 4.57 Å². The first-order chi connectivity index (χ1) is 11.7. The molecule has 4 aromatic rings. The number of phenols is 1. The van der Waals surface area contributed by atoms with Crippen LogP contribution in [0.1, 0.15) is 17.3 Å². The van der Waals surface area contributed by atoms with Gasteiger partial charge in [-0.15, -0.1) is 0 Å². The van der Waals surface area contributed by atoms with Gasteiger partial charge < -0.3 is 14.4 Å². The van der Waals surface area contributed by atoms with Gasteiger partial charge in [-0.05, 0) is 36.6 Å². The topological polar surface area (TPSA) is 51.5 Å². The minimum atomic E-state index is -0.455. The summed E-state index contributed by atoms with van der Waals surface area (Å²) in [5.74, 6) is -0.360. The lowest BCUT2D eigenvalue weighted by Crippen LogP contribution is -2.00. The van der Waals surface area contributed by atoms with Crippen molar-refractivity contribution in [1.29, 1.82) is 0 Å². The van der Waals surface area contributed by atoms with Crippen LogP contribution in [0.3, 0.4) is 0 Å². The number of carbonyl (C=O) groups is 1. The highest BCUT2D eigenvalue weighted by Crippen LogP contribution is 2.39. The summed E-state index contributed by atoms with van der Waals surface area (Å²) in [7, 11) is 1.33. The number of aryl methyl sites for hydroxylation is 1. The lowest BCUT2D eigenvalue weighted by molar-refractivity contribution is 0.0600. The summed E-state index contributed by atoms with van der Waals surface area (Å²) in [6.45, 7) is 2.95. The second kappa shape index (κ2) is 5.27. The van der Waals surface area contributed by atoms with Crippen LogP contribution in [0.25, 0.3) is 32.6 Å². The molecule has 0 amide bonds. The molecule has 0 bridgehead atoms. The fraction of sp³-hybridized carbons (Fsp3) is 0.150. The van der Waals surface area contributed by atoms with Crippen LogP contribution in [-0.2, 0) is 11.3 Å². The Morgan fingerprint density at radius 1 is 1.08 bits per heavy atom. The molecule has 4 rings (SSSR count). The van der Waals surface area contributed by atoms with Crippen molar-refractivity contribution in [2.75, 3.05) is 7.11 Å². The summed E-state index contributed by atoms with van der Waals surface area (Å²) in [5.41, 5.74) is 2.56. The maximum absolute atomic E-state index is 11.8. The van der Waals surface area contributed by atoms with Gasteiger partial charge in [-0.1, -0.05) is 24.3 Å². The van der Waals surface area contributed by atoms with E-state index in [1.54, 1.807) is 6.07 Å². The number of ether oxygens (including phenoxy) is 1. The lowest BCUT2D eigenvalue weighted by Gasteiger charge is -2.08. The third kappa shape index (κ3) is 1.89. The highest BCUT2D eigenvalue weighted by molar-refractivity contribution is 6.22. The van der Waals surface area contributed by atoms with Crippen LogP contribution >= 0.6 is 0 Å². The SMILES string of the molecule is CCn1c2ccccc2c2c3c(O)cc(C(=O)OC)cc3ccc21. The molecule has 3 aromatic carbocycles. The van der Waals surface area contributed by atoms with Gasteiger partial charge in [0.25, 0.3) is 0 Å². The van der Waals surface area contributed by atoms with Crippen molar-refractivity contribution >= 4 is 38.5 Å². The van der Waals surface area contributed by atoms with Gasteiger partial charge in [0, 0.05) is 33.7 Å². The van der Waals surface area contributed by atoms with Crippen LogP contribution in [0.2, 0.25) is 0 Å². The number of fused-ring (bicyclic) bond motifs is 5. The molecular weight excluding hydrogens is 302 g/mol. The van der Waals surface area contributed by atoms with E-state index in [4.69, 9.17) is 4.74 Å². The Labute approximate surface area is 138 Å². The van der Waals surface area contributed by atoms with Crippen LogP contribution in [0, 0.1) is 0 Å². The Kier molecular flexibility index (Phi) is 3.20. The number of aromatic nitrogens is 1. The quantitative estimate of drug-likeness (QED) is 0.555. The largest absolute Gasteiger partial charge is 0.507 e. The summed E-state index contributed by atoms with van der Waals surface area (Å²) in [4.78, 5) is 11.8. The molecule has 0 atom stereocenters. The summed E-state index contributed by atoms with van der Waals surface area (Å²) < 4.78 is 7.00. The minimum Gasteiger partial charge on any atom is -0.507 e. The molecule has 4 nitrogen and oxygen atoms in total. The van der Waals surface area contributed by atoms with Crippen LogP contribution in [0.4, 0.5) is 0 Å². The highest BCUT2D eigenvalue weighted by atomic mass is 16.5. The maximum Gasteiger partial charge on any atom is 0.338 e. The van der Waals surface area contributed by atoms with Gasteiger partial charge in [-0.2, -0.15) is 0 Å². The second-order valence-electron chi connectivity index (χ2n) is 5.81. The third-order valence-electron chi connectivity index (χ3n) is 4.57. The molecule has 0 spiro atoms. The summed E-state index contributed by atoms with van der Waals surface area (Å²) in [5, 5.41) is 14.3. The second-order valence-corrected chi connectivity index (χ2v) is 5.81. The molecule has 120 valence electrons. The number of methoxy groups -OCH3 is 1. The fourth-order valence-corrected chi connectivity index (χ4v) is 3.56. The molecule has 0 radical (unpaired) electrons. The van der Waals surface area contributed by atoms with Gasteiger partial charge in [0.1, 0.15) is 5.75 Å². The van der Waals surface area contributed by atoms with E-state index >= 15 is 0 Å². The van der Waals surface area contributed by atoms with Gasteiger partial charge in [0.05, 0.1) is 12.7 Å². The monoisotopic (exact) mass is 319 g/mol. The number of aromatic hydroxyl groups is 1. The van der Waals surface area contributed by atoms with E-state index in [0.717, 1.165) is 39.1 Å². The van der Waals surface area contributed by atoms with Gasteiger partial charge >= 0.3 is 5.97 Å². The maximum atomic E-state index is 11.8. The number of hydrogen-bond donors (Lipinski definition) is 1. The molecular formula is C20H17NO3. The predicted octanol–water partition coefficient (Wildman–Crippen LogP) is 4.46. The number of phenolic OH excluding ortho intramolecular Hbond substituents is 1. The Hall–Kier alpha value is -3.01. The predicted molar refractivity (Wildman–Crippen MR) is 95.6 cm³/mol. The Bertz CT molecular complexity index is 1110. The van der Waals surface area contributed by atoms with Crippen LogP contribution in [0.5, 0.6) is 5.75 Å². The van der Waals surface area contributed by atoms with E-state index in [1.807, 2.05) is 24.3 Å². The van der Waals surface area contributed by atoms with Crippen molar-refractivity contribution in [3.05, 3.63) is 54.1 Å². The molecule has 0 saturated heterocycles. The van der Waals surface area contributed by atoms with Crippen molar-refractivity contribution in [2.24, 2.45) is 0 Å². The first-order valence-corrected chi connectivity index (χ1v) is 7.90. The number of nitrogens with zero attached hydrogens (tertiary/aromatic N) is 1. The van der Waals surface area contributed by atoms with Crippen molar-refractivity contribution < 1.29 is 14.6 Å². The normalized spacial score (nSPS) is 11.4. The van der Waals surface area contributed by atoms with Crippen molar-refractivity contribution in [3.63, 3.8) is 0 Å². The number of carbonyl (C=O) groups excluding carboxylic acids is 1. The van der Waals surface area contributed by atoms with E-state index in [1.165, 1.54) is 13.2 Å². The average Bonchev–Trinajstić information content (AvgIpc) is 2.94. The molecule has 1 N–H and O–H groups in total. The molecule has 24 heavy (non-hydrogen) atoms. The lowest BCUT2D eigenvalue weighted by atomic mass is 10.0. The van der Waals surface area contributed by atoms with E-state index in [0.29, 0.717) is 5.56 Å². The molecule has 1 heterocycles. The van der Waals surface area contributed by atoms with Gasteiger partial charge in [0.2, 0.25) is 0 Å². The van der Waals surface area contributed by atoms with E-state index < -0.39 is 5.97 Å². The van der Waals surface area contributed by atoms with Crippen LogP contribution in [-0.4, -0.2) is 22.8 Å². The molecule has 0 fully saturated rings. The molecule has 0 saturated carbocycles. The smallest absolute Gasteiger partial charge is 0.338 e. The molecule has 1 aromatic heterocycles. The van der Waals surface area contributed by atoms with E-state index in [-0.39, 0.29) is 5.75 Å². The van der Waals surface area contributed by atoms with Crippen molar-refractivity contribution in [2.45, 2.75) is 13.5 Å². The molecule has 0 aliphatic heterocycles. The first kappa shape index (κ1) is 14.6. The number of esters is 1. The molecule has 0 aliphatic carbocycles. The van der Waals surface area contributed by atoms with Crippen molar-refractivity contribution in [3.8, 4) is 5.75 Å². The number of rotatable bonds is 2. The first-order valence-electron chi connectivity index (χ1n) is 7.90. The summed E-state index contributed by atoms with van der Waals surface area (Å²) in [6.07, 6.45) is 0. The zero-order valence-corrected chi connectivity index (χ0v) is 13.5. The van der Waals surface area contributed by atoms with Crippen LogP contribution in [0.15, 0.2) is 48.5 Å². The van der Waals surface area contributed by atoms with Crippen LogP contribution < -0.4 is 0 Å². The molecule has 0 unspecified atom stereocenters. The molecule has 4 heteroatoms. The third-order valence-corrected chi connectivity index (χ3v) is 4.57. The highest BCUT2D eigenvalue weighted by Gasteiger charge is 2.17.